The van der Waals surface area contributed by atoms with Crippen molar-refractivity contribution in [3.63, 3.8) is 0 Å². The molecular formula is C16H20B2O6. The smallest absolute Gasteiger partial charge is 0.492 e. The molecule has 2 rings (SSSR count). The van der Waals surface area contributed by atoms with Crippen molar-refractivity contribution in [2.45, 2.75) is 12.8 Å². The monoisotopic (exact) mass is 330 g/mol. The topological polar surface area (TPSA) is 99.4 Å². The molecule has 0 saturated heterocycles. The summed E-state index contributed by atoms with van der Waals surface area (Å²) < 4.78 is 11.1. The summed E-state index contributed by atoms with van der Waals surface area (Å²) >= 11 is 0. The second-order valence-corrected chi connectivity index (χ2v) is 5.23. The van der Waals surface area contributed by atoms with E-state index in [1.165, 1.54) is 0 Å². The summed E-state index contributed by atoms with van der Waals surface area (Å²) in [6.07, 6.45) is 1.42. The van der Waals surface area contributed by atoms with Gasteiger partial charge in [0.05, 0.1) is 13.2 Å². The third kappa shape index (κ3) is 5.28. The summed E-state index contributed by atoms with van der Waals surface area (Å²) in [5, 5.41) is 37.0. The van der Waals surface area contributed by atoms with Crippen LogP contribution in [0.2, 0.25) is 0 Å². The van der Waals surface area contributed by atoms with Gasteiger partial charge < -0.3 is 29.6 Å². The lowest BCUT2D eigenvalue weighted by atomic mass is 9.79. The van der Waals surface area contributed by atoms with E-state index < -0.39 is 14.2 Å². The predicted molar refractivity (Wildman–Crippen MR) is 92.8 cm³/mol. The average Bonchev–Trinajstić information content (AvgIpc) is 2.58. The number of unbranched alkanes of at least 4 members (excludes halogenated alkanes) is 1. The molecule has 0 aliphatic heterocycles. The maximum absolute atomic E-state index is 9.26. The fourth-order valence-electron chi connectivity index (χ4n) is 2.22. The Morgan fingerprint density at radius 2 is 1.00 bits per heavy atom. The minimum absolute atomic E-state index is 0.333. The molecule has 0 aliphatic rings. The molecule has 0 atom stereocenters. The SMILES string of the molecule is OB(O)c1ccccc1OCCCCOc1ccccc1B(O)O. The first kappa shape index (κ1) is 18.3. The number of hydrogen-bond donors (Lipinski definition) is 4. The van der Waals surface area contributed by atoms with Crippen LogP contribution in [-0.2, 0) is 0 Å². The maximum atomic E-state index is 9.26. The molecule has 2 aromatic rings. The second-order valence-electron chi connectivity index (χ2n) is 5.23. The molecule has 6 nitrogen and oxygen atoms in total. The highest BCUT2D eigenvalue weighted by molar-refractivity contribution is 6.60. The zero-order valence-corrected chi connectivity index (χ0v) is 13.2. The maximum Gasteiger partial charge on any atom is 0.492 e. The van der Waals surface area contributed by atoms with Gasteiger partial charge in [-0.2, -0.15) is 0 Å². The molecule has 0 aliphatic carbocycles. The Morgan fingerprint density at radius 1 is 0.625 bits per heavy atom. The summed E-state index contributed by atoms with van der Waals surface area (Å²) in [5.41, 5.74) is 0.666. The van der Waals surface area contributed by atoms with Gasteiger partial charge in [0.25, 0.3) is 0 Å². The number of para-hydroxylation sites is 2. The molecule has 4 N–H and O–H groups in total. The molecule has 0 heterocycles. The molecule has 0 aromatic heterocycles. The zero-order chi connectivity index (χ0) is 17.4. The first-order chi connectivity index (χ1) is 11.6. The van der Waals surface area contributed by atoms with E-state index in [4.69, 9.17) is 9.47 Å². The molecule has 0 fully saturated rings. The molecule has 0 unspecified atom stereocenters. The molecule has 8 heteroatoms. The van der Waals surface area contributed by atoms with Crippen molar-refractivity contribution in [1.82, 2.24) is 0 Å². The third-order valence-corrected chi connectivity index (χ3v) is 3.45. The van der Waals surface area contributed by atoms with Gasteiger partial charge in [-0.3, -0.25) is 0 Å². The first-order valence-electron chi connectivity index (χ1n) is 7.75. The highest BCUT2D eigenvalue weighted by Crippen LogP contribution is 2.10. The highest BCUT2D eigenvalue weighted by atomic mass is 16.5. The van der Waals surface area contributed by atoms with Crippen molar-refractivity contribution in [1.29, 1.82) is 0 Å². The highest BCUT2D eigenvalue weighted by Gasteiger charge is 2.17. The van der Waals surface area contributed by atoms with Crippen LogP contribution in [0.3, 0.4) is 0 Å². The van der Waals surface area contributed by atoms with Crippen molar-refractivity contribution in [2.24, 2.45) is 0 Å². The lowest BCUT2D eigenvalue weighted by Gasteiger charge is -2.12. The van der Waals surface area contributed by atoms with Gasteiger partial charge in [-0.05, 0) is 25.0 Å². The van der Waals surface area contributed by atoms with E-state index in [1.54, 1.807) is 48.5 Å². The number of benzene rings is 2. The molecule has 0 saturated carbocycles. The molecule has 24 heavy (non-hydrogen) atoms. The largest absolute Gasteiger partial charge is 0.494 e. The minimum atomic E-state index is -1.56. The van der Waals surface area contributed by atoms with Gasteiger partial charge in [0.1, 0.15) is 11.5 Å². The summed E-state index contributed by atoms with van der Waals surface area (Å²) in [7, 11) is -3.13. The average molecular weight is 330 g/mol. The van der Waals surface area contributed by atoms with E-state index in [0.29, 0.717) is 48.5 Å². The van der Waals surface area contributed by atoms with E-state index >= 15 is 0 Å². The Kier molecular flexibility index (Phi) is 7.14. The molecule has 126 valence electrons. The van der Waals surface area contributed by atoms with Crippen molar-refractivity contribution >= 4 is 25.2 Å². The van der Waals surface area contributed by atoms with E-state index in [1.807, 2.05) is 0 Å². The van der Waals surface area contributed by atoms with E-state index in [0.717, 1.165) is 0 Å². The molecule has 0 amide bonds. The minimum Gasteiger partial charge on any atom is -0.494 e. The Balaban J connectivity index is 1.73. The van der Waals surface area contributed by atoms with Crippen LogP contribution in [0.25, 0.3) is 0 Å². The summed E-state index contributed by atoms with van der Waals surface area (Å²) in [6, 6.07) is 13.5. The van der Waals surface area contributed by atoms with Crippen LogP contribution in [0.5, 0.6) is 11.5 Å². The van der Waals surface area contributed by atoms with Crippen molar-refractivity contribution in [3.8, 4) is 11.5 Å². The van der Waals surface area contributed by atoms with Crippen LogP contribution in [0.4, 0.5) is 0 Å². The Labute approximate surface area is 141 Å². The summed E-state index contributed by atoms with van der Waals surface area (Å²) in [5.74, 6) is 0.893. The fourth-order valence-corrected chi connectivity index (χ4v) is 2.22. The van der Waals surface area contributed by atoms with Crippen LogP contribution < -0.4 is 20.4 Å². The number of hydrogen-bond acceptors (Lipinski definition) is 6. The van der Waals surface area contributed by atoms with E-state index in [9.17, 15) is 20.1 Å². The van der Waals surface area contributed by atoms with Crippen molar-refractivity contribution in [2.75, 3.05) is 13.2 Å². The second kappa shape index (κ2) is 9.34. The van der Waals surface area contributed by atoms with Crippen LogP contribution in [0.1, 0.15) is 12.8 Å². The van der Waals surface area contributed by atoms with Crippen molar-refractivity contribution in [3.05, 3.63) is 48.5 Å². The predicted octanol–water partition coefficient (Wildman–Crippen LogP) is -0.716. The first-order valence-corrected chi connectivity index (χ1v) is 7.75. The normalized spacial score (nSPS) is 10.3. The van der Waals surface area contributed by atoms with Gasteiger partial charge in [-0.15, -0.1) is 0 Å². The molecular weight excluding hydrogens is 310 g/mol. The lowest BCUT2D eigenvalue weighted by molar-refractivity contribution is 0.267. The van der Waals surface area contributed by atoms with Gasteiger partial charge in [-0.25, -0.2) is 0 Å². The zero-order valence-electron chi connectivity index (χ0n) is 13.2. The molecule has 2 aromatic carbocycles. The van der Waals surface area contributed by atoms with E-state index in [-0.39, 0.29) is 0 Å². The van der Waals surface area contributed by atoms with E-state index in [2.05, 4.69) is 0 Å². The van der Waals surface area contributed by atoms with Crippen LogP contribution in [0, 0.1) is 0 Å². The van der Waals surface area contributed by atoms with Gasteiger partial charge in [0.15, 0.2) is 0 Å². The quantitative estimate of drug-likeness (QED) is 0.358. The summed E-state index contributed by atoms with van der Waals surface area (Å²) in [4.78, 5) is 0. The molecule has 0 bridgehead atoms. The van der Waals surface area contributed by atoms with Gasteiger partial charge >= 0.3 is 14.2 Å². The standard InChI is InChI=1S/C16H20B2O6/c19-17(20)13-7-1-3-9-15(13)23-11-5-6-12-24-16-10-4-2-8-14(16)18(21)22/h1-4,7-10,19-22H,5-6,11-12H2. The van der Waals surface area contributed by atoms with Gasteiger partial charge in [0.2, 0.25) is 0 Å². The Hall–Kier alpha value is -1.99. The Morgan fingerprint density at radius 3 is 1.38 bits per heavy atom. The Bertz CT molecular complexity index is 580. The van der Waals surface area contributed by atoms with Crippen LogP contribution in [0.15, 0.2) is 48.5 Å². The molecule has 0 radical (unpaired) electrons. The number of rotatable bonds is 9. The van der Waals surface area contributed by atoms with Gasteiger partial charge in [0, 0.05) is 10.9 Å². The molecule has 0 spiro atoms. The lowest BCUT2D eigenvalue weighted by Crippen LogP contribution is -2.31. The van der Waals surface area contributed by atoms with Gasteiger partial charge in [-0.1, -0.05) is 36.4 Å². The van der Waals surface area contributed by atoms with Crippen LogP contribution in [-0.4, -0.2) is 47.5 Å². The van der Waals surface area contributed by atoms with Crippen molar-refractivity contribution < 1.29 is 29.6 Å². The summed E-state index contributed by atoms with van der Waals surface area (Å²) in [6.45, 7) is 0.828. The van der Waals surface area contributed by atoms with Crippen LogP contribution >= 0.6 is 0 Å². The number of ether oxygens (including phenoxy) is 2. The third-order valence-electron chi connectivity index (χ3n) is 3.45. The fraction of sp³-hybridized carbons (Fsp3) is 0.250.